The minimum Gasteiger partial charge on any atom is -0.492 e. The molecule has 182 valence electrons. The third-order valence-corrected chi connectivity index (χ3v) is 7.63. The second kappa shape index (κ2) is 10.7. The van der Waals surface area contributed by atoms with E-state index in [1.54, 1.807) is 4.57 Å². The van der Waals surface area contributed by atoms with Crippen molar-refractivity contribution < 1.29 is 19.1 Å². The van der Waals surface area contributed by atoms with E-state index < -0.39 is 5.97 Å². The number of esters is 1. The minimum atomic E-state index is -0.501. The van der Waals surface area contributed by atoms with Gasteiger partial charge in [-0.15, -0.1) is 0 Å². The molecule has 1 atom stereocenters. The first-order chi connectivity index (χ1) is 16.0. The van der Waals surface area contributed by atoms with Crippen LogP contribution in [0.25, 0.3) is 0 Å². The number of ether oxygens (including phenoxy) is 2. The number of pyridine rings is 1. The second-order valence-corrected chi connectivity index (χ2v) is 9.64. The van der Waals surface area contributed by atoms with Gasteiger partial charge in [0.1, 0.15) is 11.3 Å². The van der Waals surface area contributed by atoms with Crippen molar-refractivity contribution in [2.45, 2.75) is 70.4 Å². The van der Waals surface area contributed by atoms with E-state index in [-0.39, 0.29) is 17.4 Å². The molecule has 1 unspecified atom stereocenters. The summed E-state index contributed by atoms with van der Waals surface area (Å²) in [6.45, 7) is 2.89. The Bertz CT molecular complexity index is 921. The molecular formula is C25H37N3O5. The van der Waals surface area contributed by atoms with Gasteiger partial charge in [-0.1, -0.05) is 19.3 Å². The number of likely N-dealkylation sites (tertiary alicyclic amines) is 1. The molecule has 8 heteroatoms. The lowest BCUT2D eigenvalue weighted by atomic mass is 9.88. The van der Waals surface area contributed by atoms with E-state index >= 15 is 0 Å². The highest BCUT2D eigenvalue weighted by Crippen LogP contribution is 2.28. The standard InChI is InChI=1S/C25H37N3O5/c1-26-12-6-9-19(26)11-16-33-21-17-22(29)28-15-14-27(24(30)18-7-4-3-5-8-18)13-10-20(28)23(21)25(31)32-2/h17-19H,3-16H2,1-2H3. The monoisotopic (exact) mass is 459 g/mol. The second-order valence-electron chi connectivity index (χ2n) is 9.64. The number of carbonyl (C=O) groups excluding carboxylic acids is 2. The number of methoxy groups -OCH3 is 1. The molecule has 1 aromatic heterocycles. The Balaban J connectivity index is 1.53. The lowest BCUT2D eigenvalue weighted by Crippen LogP contribution is -2.39. The Hall–Kier alpha value is -2.35. The maximum Gasteiger partial charge on any atom is 0.343 e. The fraction of sp³-hybridized carbons (Fsp3) is 0.720. The van der Waals surface area contributed by atoms with Crippen molar-refractivity contribution in [3.8, 4) is 5.75 Å². The smallest absolute Gasteiger partial charge is 0.343 e. The van der Waals surface area contributed by atoms with Crippen LogP contribution in [-0.4, -0.2) is 72.7 Å². The molecule has 1 amide bonds. The van der Waals surface area contributed by atoms with Crippen molar-refractivity contribution >= 4 is 11.9 Å². The number of nitrogens with zero attached hydrogens (tertiary/aromatic N) is 3. The van der Waals surface area contributed by atoms with Crippen LogP contribution in [0.15, 0.2) is 10.9 Å². The molecule has 0 radical (unpaired) electrons. The molecule has 0 spiro atoms. The molecule has 0 aromatic carbocycles. The molecule has 33 heavy (non-hydrogen) atoms. The van der Waals surface area contributed by atoms with Gasteiger partial charge < -0.3 is 23.8 Å². The van der Waals surface area contributed by atoms with Crippen LogP contribution < -0.4 is 10.3 Å². The number of carbonyl (C=O) groups is 2. The molecule has 0 bridgehead atoms. The number of rotatable bonds is 6. The predicted octanol–water partition coefficient (Wildman–Crippen LogP) is 2.46. The summed E-state index contributed by atoms with van der Waals surface area (Å²) in [7, 11) is 3.46. The molecule has 1 aliphatic carbocycles. The average molecular weight is 460 g/mol. The van der Waals surface area contributed by atoms with Gasteiger partial charge in [0.05, 0.1) is 13.7 Å². The van der Waals surface area contributed by atoms with Crippen LogP contribution in [0, 0.1) is 5.92 Å². The van der Waals surface area contributed by atoms with Crippen LogP contribution in [0.1, 0.15) is 67.4 Å². The van der Waals surface area contributed by atoms with Gasteiger partial charge in [0, 0.05) is 49.8 Å². The molecule has 1 saturated heterocycles. The van der Waals surface area contributed by atoms with Crippen molar-refractivity contribution in [3.63, 3.8) is 0 Å². The van der Waals surface area contributed by atoms with E-state index in [1.165, 1.54) is 26.0 Å². The van der Waals surface area contributed by atoms with E-state index in [0.717, 1.165) is 45.1 Å². The third kappa shape index (κ3) is 5.26. The normalized spacial score (nSPS) is 22.0. The van der Waals surface area contributed by atoms with Crippen LogP contribution >= 0.6 is 0 Å². The van der Waals surface area contributed by atoms with Crippen molar-refractivity contribution in [2.75, 3.05) is 40.4 Å². The average Bonchev–Trinajstić information content (AvgIpc) is 3.10. The largest absolute Gasteiger partial charge is 0.492 e. The van der Waals surface area contributed by atoms with E-state index in [4.69, 9.17) is 9.47 Å². The summed E-state index contributed by atoms with van der Waals surface area (Å²) in [6, 6.07) is 1.88. The Morgan fingerprint density at radius 3 is 2.52 bits per heavy atom. The van der Waals surface area contributed by atoms with E-state index in [9.17, 15) is 14.4 Å². The Morgan fingerprint density at radius 1 is 1.03 bits per heavy atom. The zero-order valence-corrected chi connectivity index (χ0v) is 20.0. The van der Waals surface area contributed by atoms with Gasteiger partial charge in [0.25, 0.3) is 5.56 Å². The predicted molar refractivity (Wildman–Crippen MR) is 125 cm³/mol. The van der Waals surface area contributed by atoms with Gasteiger partial charge in [0.15, 0.2) is 0 Å². The van der Waals surface area contributed by atoms with E-state index in [1.807, 2.05) is 4.90 Å². The number of hydrogen-bond donors (Lipinski definition) is 0. The Kier molecular flexibility index (Phi) is 7.73. The molecule has 1 aromatic rings. The maximum atomic E-state index is 13.1. The summed E-state index contributed by atoms with van der Waals surface area (Å²) in [4.78, 5) is 43.0. The topological polar surface area (TPSA) is 81.1 Å². The van der Waals surface area contributed by atoms with Crippen LogP contribution in [0.4, 0.5) is 0 Å². The fourth-order valence-electron chi connectivity index (χ4n) is 5.66. The minimum absolute atomic E-state index is 0.0874. The van der Waals surface area contributed by atoms with E-state index in [0.29, 0.717) is 55.7 Å². The highest BCUT2D eigenvalue weighted by Gasteiger charge is 2.30. The molecular weight excluding hydrogens is 422 g/mol. The zero-order chi connectivity index (χ0) is 23.4. The van der Waals surface area contributed by atoms with Crippen LogP contribution in [0.3, 0.4) is 0 Å². The van der Waals surface area contributed by atoms with Crippen LogP contribution in [-0.2, 0) is 22.5 Å². The summed E-state index contributed by atoms with van der Waals surface area (Å²) >= 11 is 0. The summed E-state index contributed by atoms with van der Waals surface area (Å²) in [5.41, 5.74) is 0.739. The Labute approximate surface area is 195 Å². The van der Waals surface area contributed by atoms with E-state index in [2.05, 4.69) is 11.9 Å². The summed E-state index contributed by atoms with van der Waals surface area (Å²) in [5.74, 6) is 0.0707. The molecule has 2 fully saturated rings. The number of hydrogen-bond acceptors (Lipinski definition) is 6. The lowest BCUT2D eigenvalue weighted by Gasteiger charge is -2.28. The number of fused-ring (bicyclic) bond motifs is 1. The van der Waals surface area contributed by atoms with Crippen molar-refractivity contribution in [3.05, 3.63) is 27.7 Å². The van der Waals surface area contributed by atoms with Crippen molar-refractivity contribution in [2.24, 2.45) is 5.92 Å². The van der Waals surface area contributed by atoms with Gasteiger partial charge in [0.2, 0.25) is 5.91 Å². The Morgan fingerprint density at radius 2 is 1.82 bits per heavy atom. The zero-order valence-electron chi connectivity index (χ0n) is 20.0. The molecule has 3 aliphatic rings. The molecule has 4 rings (SSSR count). The summed E-state index contributed by atoms with van der Waals surface area (Å²) in [6.07, 6.45) is 8.91. The van der Waals surface area contributed by atoms with Gasteiger partial charge in [-0.25, -0.2) is 4.79 Å². The highest BCUT2D eigenvalue weighted by atomic mass is 16.5. The van der Waals surface area contributed by atoms with Crippen LogP contribution in [0.5, 0.6) is 5.75 Å². The van der Waals surface area contributed by atoms with Crippen molar-refractivity contribution in [1.29, 1.82) is 0 Å². The van der Waals surface area contributed by atoms with Crippen LogP contribution in [0.2, 0.25) is 0 Å². The molecule has 3 heterocycles. The first kappa shape index (κ1) is 23.8. The SMILES string of the molecule is COC(=O)c1c(OCCC2CCCN2C)cc(=O)n2c1CCN(C(=O)C1CCCCC1)CC2. The summed E-state index contributed by atoms with van der Waals surface area (Å²) < 4.78 is 12.7. The van der Waals surface area contributed by atoms with Crippen molar-refractivity contribution in [1.82, 2.24) is 14.4 Å². The van der Waals surface area contributed by atoms with Gasteiger partial charge >= 0.3 is 5.97 Å². The molecule has 8 nitrogen and oxygen atoms in total. The molecule has 2 aliphatic heterocycles. The lowest BCUT2D eigenvalue weighted by molar-refractivity contribution is -0.136. The highest BCUT2D eigenvalue weighted by molar-refractivity contribution is 5.93. The third-order valence-electron chi connectivity index (χ3n) is 7.63. The molecule has 0 N–H and O–H groups in total. The fourth-order valence-corrected chi connectivity index (χ4v) is 5.66. The quantitative estimate of drug-likeness (QED) is 0.608. The number of aromatic nitrogens is 1. The maximum absolute atomic E-state index is 13.1. The molecule has 1 saturated carbocycles. The summed E-state index contributed by atoms with van der Waals surface area (Å²) in [5, 5.41) is 0. The first-order valence-electron chi connectivity index (χ1n) is 12.5. The van der Waals surface area contributed by atoms with Gasteiger partial charge in [-0.2, -0.15) is 0 Å². The number of amides is 1. The first-order valence-corrected chi connectivity index (χ1v) is 12.5. The van der Waals surface area contributed by atoms with Gasteiger partial charge in [-0.3, -0.25) is 9.59 Å². The van der Waals surface area contributed by atoms with Gasteiger partial charge in [-0.05, 0) is 45.7 Å².